The molecular formula is C68H133NO5. The number of aliphatic hydroxyl groups is 2. The zero-order valence-electron chi connectivity index (χ0n) is 50.4. The van der Waals surface area contributed by atoms with Crippen molar-refractivity contribution in [3.05, 3.63) is 12.2 Å². The van der Waals surface area contributed by atoms with Gasteiger partial charge < -0.3 is 20.3 Å². The Kier molecular flexibility index (Phi) is 62.9. The Morgan fingerprint density at radius 1 is 0.365 bits per heavy atom. The Morgan fingerprint density at radius 2 is 0.622 bits per heavy atom. The van der Waals surface area contributed by atoms with Gasteiger partial charge in [-0.05, 0) is 32.1 Å². The maximum atomic E-state index is 12.5. The molecule has 0 aromatic rings. The van der Waals surface area contributed by atoms with Gasteiger partial charge in [-0.25, -0.2) is 0 Å². The third-order valence-electron chi connectivity index (χ3n) is 16.1. The molecule has 0 aliphatic carbocycles. The largest absolute Gasteiger partial charge is 0.466 e. The Bertz CT molecular complexity index is 1110. The van der Waals surface area contributed by atoms with Crippen molar-refractivity contribution in [3.8, 4) is 0 Å². The summed E-state index contributed by atoms with van der Waals surface area (Å²) in [6, 6.07) is -0.624. The van der Waals surface area contributed by atoms with Crippen LogP contribution in [0.5, 0.6) is 0 Å². The van der Waals surface area contributed by atoms with Crippen LogP contribution >= 0.6 is 0 Å². The minimum absolute atomic E-state index is 0.0208. The molecule has 3 N–H and O–H groups in total. The van der Waals surface area contributed by atoms with Crippen molar-refractivity contribution < 1.29 is 24.5 Å². The van der Waals surface area contributed by atoms with Crippen LogP contribution in [0.2, 0.25) is 0 Å². The van der Waals surface area contributed by atoms with E-state index in [2.05, 4.69) is 19.2 Å². The number of aliphatic hydroxyl groups excluding tert-OH is 2. The Morgan fingerprint density at radius 3 is 0.919 bits per heavy atom. The van der Waals surface area contributed by atoms with Crippen molar-refractivity contribution in [1.29, 1.82) is 0 Å². The SMILES string of the molecule is CCCCCCCCCCCCCCCC/C=C/C(O)C(CO)NC(=O)CCCCCCCCCCCCCCCCCCCCCCCCCCCCCCOC(=O)CCCCCCCCCCCCCCC. The summed E-state index contributed by atoms with van der Waals surface area (Å²) >= 11 is 0. The number of ether oxygens (including phenoxy) is 1. The molecule has 0 saturated heterocycles. The predicted molar refractivity (Wildman–Crippen MR) is 324 cm³/mol. The van der Waals surface area contributed by atoms with E-state index in [0.29, 0.717) is 19.4 Å². The number of hydrogen-bond donors (Lipinski definition) is 3. The van der Waals surface area contributed by atoms with E-state index in [4.69, 9.17) is 4.74 Å². The van der Waals surface area contributed by atoms with Crippen LogP contribution in [0.1, 0.15) is 386 Å². The highest BCUT2D eigenvalue weighted by atomic mass is 16.5. The van der Waals surface area contributed by atoms with Gasteiger partial charge in [0.1, 0.15) is 0 Å². The molecule has 0 fully saturated rings. The lowest BCUT2D eigenvalue weighted by Crippen LogP contribution is -2.45. The second-order valence-corrected chi connectivity index (χ2v) is 23.5. The summed E-state index contributed by atoms with van der Waals surface area (Å²) in [5.74, 6) is -0.0410. The summed E-state index contributed by atoms with van der Waals surface area (Å²) < 4.78 is 5.49. The van der Waals surface area contributed by atoms with Gasteiger partial charge in [-0.2, -0.15) is 0 Å². The molecular weight excluding hydrogens is 911 g/mol. The summed E-state index contributed by atoms with van der Waals surface area (Å²) in [6.45, 7) is 4.94. The normalized spacial score (nSPS) is 12.5. The quantitative estimate of drug-likeness (QED) is 0.0320. The maximum absolute atomic E-state index is 12.5. The third kappa shape index (κ3) is 59.8. The molecule has 440 valence electrons. The van der Waals surface area contributed by atoms with Crippen molar-refractivity contribution in [2.45, 2.75) is 398 Å². The van der Waals surface area contributed by atoms with Crippen molar-refractivity contribution in [2.24, 2.45) is 0 Å². The first-order chi connectivity index (χ1) is 36.5. The Hall–Kier alpha value is -1.40. The van der Waals surface area contributed by atoms with Crippen LogP contribution in [0.4, 0.5) is 0 Å². The lowest BCUT2D eigenvalue weighted by molar-refractivity contribution is -0.143. The molecule has 1 amide bonds. The molecule has 0 radical (unpaired) electrons. The van der Waals surface area contributed by atoms with Crippen LogP contribution in [-0.4, -0.2) is 47.4 Å². The van der Waals surface area contributed by atoms with Crippen LogP contribution in [0.25, 0.3) is 0 Å². The van der Waals surface area contributed by atoms with E-state index < -0.39 is 12.1 Å². The maximum Gasteiger partial charge on any atom is 0.305 e. The molecule has 0 bridgehead atoms. The lowest BCUT2D eigenvalue weighted by atomic mass is 10.0. The van der Waals surface area contributed by atoms with Gasteiger partial charge in [-0.3, -0.25) is 9.59 Å². The first-order valence-electron chi connectivity index (χ1n) is 34.0. The number of rotatable bonds is 64. The zero-order valence-corrected chi connectivity index (χ0v) is 50.4. The molecule has 0 aromatic carbocycles. The van der Waals surface area contributed by atoms with Crippen LogP contribution < -0.4 is 5.32 Å². The molecule has 0 heterocycles. The Balaban J connectivity index is 3.35. The van der Waals surface area contributed by atoms with Gasteiger partial charge in [0.2, 0.25) is 5.91 Å². The minimum Gasteiger partial charge on any atom is -0.466 e. The zero-order chi connectivity index (χ0) is 53.6. The van der Waals surface area contributed by atoms with Crippen molar-refractivity contribution in [3.63, 3.8) is 0 Å². The monoisotopic (exact) mass is 1040 g/mol. The molecule has 0 aromatic heterocycles. The predicted octanol–water partition coefficient (Wildman–Crippen LogP) is 21.6. The molecule has 2 atom stereocenters. The number of hydrogen-bond acceptors (Lipinski definition) is 5. The van der Waals surface area contributed by atoms with Gasteiger partial charge in [0, 0.05) is 12.8 Å². The molecule has 2 unspecified atom stereocenters. The van der Waals surface area contributed by atoms with Crippen LogP contribution in [-0.2, 0) is 14.3 Å². The van der Waals surface area contributed by atoms with Crippen molar-refractivity contribution in [2.75, 3.05) is 13.2 Å². The fourth-order valence-corrected chi connectivity index (χ4v) is 10.9. The van der Waals surface area contributed by atoms with Crippen molar-refractivity contribution >= 4 is 11.9 Å². The van der Waals surface area contributed by atoms with Crippen LogP contribution in [0.3, 0.4) is 0 Å². The minimum atomic E-state index is -0.841. The molecule has 0 saturated carbocycles. The second-order valence-electron chi connectivity index (χ2n) is 23.5. The lowest BCUT2D eigenvalue weighted by Gasteiger charge is -2.20. The first-order valence-corrected chi connectivity index (χ1v) is 34.0. The molecule has 0 aliphatic heterocycles. The average Bonchev–Trinajstić information content (AvgIpc) is 3.40. The van der Waals surface area contributed by atoms with E-state index in [-0.39, 0.29) is 18.5 Å². The summed E-state index contributed by atoms with van der Waals surface area (Å²) in [6.07, 6.45) is 78.5. The van der Waals surface area contributed by atoms with Gasteiger partial charge in [0.05, 0.1) is 25.4 Å². The van der Waals surface area contributed by atoms with E-state index in [1.54, 1.807) is 6.08 Å². The number of esters is 1. The summed E-state index contributed by atoms with van der Waals surface area (Å²) in [5, 5.41) is 23.2. The Labute approximate surface area is 463 Å². The number of allylic oxidation sites excluding steroid dienone is 1. The highest BCUT2D eigenvalue weighted by Gasteiger charge is 2.18. The van der Waals surface area contributed by atoms with Crippen LogP contribution in [0, 0.1) is 0 Å². The molecule has 0 spiro atoms. The number of unbranched alkanes of at least 4 members (excludes halogenated alkanes) is 53. The number of nitrogens with one attached hydrogen (secondary N) is 1. The van der Waals surface area contributed by atoms with E-state index in [1.165, 1.54) is 321 Å². The average molecular weight is 1040 g/mol. The molecule has 6 nitrogen and oxygen atoms in total. The smallest absolute Gasteiger partial charge is 0.305 e. The van der Waals surface area contributed by atoms with Gasteiger partial charge >= 0.3 is 5.97 Å². The number of amides is 1. The summed E-state index contributed by atoms with van der Waals surface area (Å²) in [4.78, 5) is 24.5. The van der Waals surface area contributed by atoms with Crippen molar-refractivity contribution in [1.82, 2.24) is 5.32 Å². The number of carbonyl (C=O) groups is 2. The summed E-state index contributed by atoms with van der Waals surface area (Å²) in [7, 11) is 0. The van der Waals surface area contributed by atoms with Gasteiger partial charge in [0.25, 0.3) is 0 Å². The molecule has 74 heavy (non-hydrogen) atoms. The number of carbonyl (C=O) groups excluding carboxylic acids is 2. The molecule has 6 heteroatoms. The van der Waals surface area contributed by atoms with Gasteiger partial charge in [-0.1, -0.05) is 353 Å². The topological polar surface area (TPSA) is 95.9 Å². The molecule has 0 aliphatic rings. The fraction of sp³-hybridized carbons (Fsp3) is 0.941. The van der Waals surface area contributed by atoms with E-state index >= 15 is 0 Å². The third-order valence-corrected chi connectivity index (χ3v) is 16.1. The summed E-state index contributed by atoms with van der Waals surface area (Å²) in [5.41, 5.74) is 0. The molecule has 0 rings (SSSR count). The second kappa shape index (κ2) is 64.1. The van der Waals surface area contributed by atoms with E-state index in [1.807, 2.05) is 6.08 Å². The fourth-order valence-electron chi connectivity index (χ4n) is 10.9. The highest BCUT2D eigenvalue weighted by Crippen LogP contribution is 2.19. The highest BCUT2D eigenvalue weighted by molar-refractivity contribution is 5.76. The van der Waals surface area contributed by atoms with Crippen LogP contribution in [0.15, 0.2) is 12.2 Å². The van der Waals surface area contributed by atoms with Gasteiger partial charge in [-0.15, -0.1) is 0 Å². The van der Waals surface area contributed by atoms with E-state index in [0.717, 1.165) is 38.5 Å². The standard InChI is InChI=1S/C68H133NO5/c1-3-5-7-9-11-13-15-17-18-33-37-40-44-48-52-56-60-66(71)65(64-70)69-67(72)61-57-53-49-45-41-38-34-31-29-27-25-23-21-19-20-22-24-26-28-30-32-35-39-43-47-51-55-59-63-74-68(73)62-58-54-50-46-42-36-16-14-12-10-8-6-4-2/h56,60,65-66,70-71H,3-55,57-59,61-64H2,1-2H3,(H,69,72)/b60-56+. The first kappa shape index (κ1) is 72.6. The van der Waals surface area contributed by atoms with Gasteiger partial charge in [0.15, 0.2) is 0 Å². The van der Waals surface area contributed by atoms with E-state index in [9.17, 15) is 19.8 Å².